The van der Waals surface area contributed by atoms with Gasteiger partial charge in [0.2, 0.25) is 0 Å². The van der Waals surface area contributed by atoms with E-state index in [9.17, 15) is 0 Å². The molecular weight excluding hydrogens is 172 g/mol. The van der Waals surface area contributed by atoms with Crippen LogP contribution in [0.2, 0.25) is 0 Å². The van der Waals surface area contributed by atoms with E-state index >= 15 is 0 Å². The highest BCUT2D eigenvalue weighted by Gasteiger charge is 1.91. The molecule has 1 rings (SSSR count). The van der Waals surface area contributed by atoms with Crippen molar-refractivity contribution in [1.29, 1.82) is 0 Å². The Bertz CT molecular complexity index is 324. The predicted molar refractivity (Wildman–Crippen MR) is 59.0 cm³/mol. The second-order valence-electron chi connectivity index (χ2n) is 3.39. The van der Waals surface area contributed by atoms with Crippen LogP contribution in [0, 0.1) is 11.8 Å². The van der Waals surface area contributed by atoms with Crippen molar-refractivity contribution in [2.75, 3.05) is 0 Å². The van der Waals surface area contributed by atoms with Gasteiger partial charge in [0.25, 0.3) is 0 Å². The van der Waals surface area contributed by atoms with E-state index in [1.54, 1.807) is 6.92 Å². The van der Waals surface area contributed by atoms with Crippen LogP contribution in [-0.2, 0) is 6.42 Å². The summed E-state index contributed by atoms with van der Waals surface area (Å²) >= 11 is 0. The first kappa shape index (κ1) is 10.8. The van der Waals surface area contributed by atoms with Crippen molar-refractivity contribution in [3.63, 3.8) is 0 Å². The molecule has 0 aliphatic rings. The van der Waals surface area contributed by atoms with Crippen molar-refractivity contribution >= 4 is 0 Å². The second-order valence-corrected chi connectivity index (χ2v) is 3.39. The molecule has 1 heteroatoms. The molecule has 1 nitrogen and oxygen atoms in total. The first-order valence-electron chi connectivity index (χ1n) is 5.01. The van der Waals surface area contributed by atoms with Gasteiger partial charge in [0.1, 0.15) is 6.10 Å². The minimum Gasteiger partial charge on any atom is -0.381 e. The summed E-state index contributed by atoms with van der Waals surface area (Å²) in [5, 5.41) is 8.98. The summed E-state index contributed by atoms with van der Waals surface area (Å²) in [5.74, 6) is 5.63. The molecule has 0 aliphatic heterocycles. The van der Waals surface area contributed by atoms with E-state index in [-0.39, 0.29) is 0 Å². The Morgan fingerprint density at radius 3 is 2.43 bits per heavy atom. The minimum atomic E-state index is -0.551. The molecule has 1 unspecified atom stereocenters. The van der Waals surface area contributed by atoms with Crippen LogP contribution >= 0.6 is 0 Å². The van der Waals surface area contributed by atoms with Gasteiger partial charge in [-0.05, 0) is 31.0 Å². The molecule has 0 amide bonds. The van der Waals surface area contributed by atoms with Crippen LogP contribution in [0.25, 0.3) is 0 Å². The van der Waals surface area contributed by atoms with Gasteiger partial charge in [-0.2, -0.15) is 0 Å². The molecule has 0 bridgehead atoms. The molecule has 0 saturated heterocycles. The predicted octanol–water partition coefficient (Wildman–Crippen LogP) is 2.37. The Balaban J connectivity index is 2.70. The monoisotopic (exact) mass is 188 g/mol. The highest BCUT2D eigenvalue weighted by atomic mass is 16.3. The van der Waals surface area contributed by atoms with Crippen molar-refractivity contribution in [3.8, 4) is 11.8 Å². The Labute approximate surface area is 85.8 Å². The van der Waals surface area contributed by atoms with Crippen molar-refractivity contribution in [3.05, 3.63) is 35.4 Å². The van der Waals surface area contributed by atoms with Crippen molar-refractivity contribution < 1.29 is 5.11 Å². The largest absolute Gasteiger partial charge is 0.381 e. The molecule has 0 aromatic heterocycles. The fourth-order valence-electron chi connectivity index (χ4n) is 1.23. The van der Waals surface area contributed by atoms with Crippen LogP contribution in [-0.4, -0.2) is 11.2 Å². The molecule has 0 spiro atoms. The summed E-state index contributed by atoms with van der Waals surface area (Å²) in [4.78, 5) is 0. The molecule has 74 valence electrons. The first-order chi connectivity index (χ1) is 6.72. The lowest BCUT2D eigenvalue weighted by atomic mass is 10.1. The van der Waals surface area contributed by atoms with E-state index in [2.05, 4.69) is 30.9 Å². The SMILES string of the molecule is CCCc1ccc(C#CC(C)O)cc1. The molecule has 0 radical (unpaired) electrons. The van der Waals surface area contributed by atoms with E-state index in [0.29, 0.717) is 0 Å². The summed E-state index contributed by atoms with van der Waals surface area (Å²) < 4.78 is 0. The topological polar surface area (TPSA) is 20.2 Å². The number of benzene rings is 1. The van der Waals surface area contributed by atoms with Crippen molar-refractivity contribution in [2.45, 2.75) is 32.8 Å². The summed E-state index contributed by atoms with van der Waals surface area (Å²) in [6.07, 6.45) is 1.73. The van der Waals surface area contributed by atoms with E-state index in [1.165, 1.54) is 12.0 Å². The van der Waals surface area contributed by atoms with Crippen LogP contribution in [0.3, 0.4) is 0 Å². The third-order valence-corrected chi connectivity index (χ3v) is 1.92. The maximum Gasteiger partial charge on any atom is 0.112 e. The van der Waals surface area contributed by atoms with Crippen LogP contribution in [0.1, 0.15) is 31.4 Å². The van der Waals surface area contributed by atoms with Crippen LogP contribution in [0.5, 0.6) is 0 Å². The number of hydrogen-bond acceptors (Lipinski definition) is 1. The van der Waals surface area contributed by atoms with Gasteiger partial charge in [0, 0.05) is 5.56 Å². The van der Waals surface area contributed by atoms with Crippen molar-refractivity contribution in [2.24, 2.45) is 0 Å². The molecule has 0 saturated carbocycles. The number of rotatable bonds is 2. The standard InChI is InChI=1S/C13H16O/c1-3-4-12-7-9-13(10-8-12)6-5-11(2)14/h7-11,14H,3-4H2,1-2H3. The van der Waals surface area contributed by atoms with E-state index in [1.807, 2.05) is 12.1 Å². The summed E-state index contributed by atoms with van der Waals surface area (Å²) in [6, 6.07) is 8.19. The van der Waals surface area contributed by atoms with E-state index in [0.717, 1.165) is 12.0 Å². The number of hydrogen-bond donors (Lipinski definition) is 1. The molecule has 0 fully saturated rings. The molecule has 1 aromatic rings. The summed E-state index contributed by atoms with van der Waals surface area (Å²) in [7, 11) is 0. The Morgan fingerprint density at radius 2 is 1.93 bits per heavy atom. The van der Waals surface area contributed by atoms with Crippen molar-refractivity contribution in [1.82, 2.24) is 0 Å². The Morgan fingerprint density at radius 1 is 1.29 bits per heavy atom. The minimum absolute atomic E-state index is 0.551. The number of aliphatic hydroxyl groups is 1. The Hall–Kier alpha value is -1.26. The Kier molecular flexibility index (Phi) is 4.22. The summed E-state index contributed by atoms with van der Waals surface area (Å²) in [5.41, 5.74) is 2.31. The van der Waals surface area contributed by atoms with Gasteiger partial charge >= 0.3 is 0 Å². The van der Waals surface area contributed by atoms with Gasteiger partial charge in [-0.3, -0.25) is 0 Å². The lowest BCUT2D eigenvalue weighted by molar-refractivity contribution is 0.253. The number of aryl methyl sites for hydroxylation is 1. The van der Waals surface area contributed by atoms with Gasteiger partial charge in [-0.1, -0.05) is 37.3 Å². The fraction of sp³-hybridized carbons (Fsp3) is 0.385. The number of aliphatic hydroxyl groups excluding tert-OH is 1. The van der Waals surface area contributed by atoms with Crippen LogP contribution in [0.15, 0.2) is 24.3 Å². The van der Waals surface area contributed by atoms with E-state index in [4.69, 9.17) is 5.11 Å². The molecule has 0 aliphatic carbocycles. The zero-order valence-electron chi connectivity index (χ0n) is 8.75. The van der Waals surface area contributed by atoms with Gasteiger partial charge in [-0.15, -0.1) is 0 Å². The third kappa shape index (κ3) is 3.64. The van der Waals surface area contributed by atoms with Crippen LogP contribution in [0.4, 0.5) is 0 Å². The average molecular weight is 188 g/mol. The zero-order chi connectivity index (χ0) is 10.4. The molecule has 14 heavy (non-hydrogen) atoms. The van der Waals surface area contributed by atoms with E-state index < -0.39 is 6.10 Å². The van der Waals surface area contributed by atoms with Gasteiger partial charge in [-0.25, -0.2) is 0 Å². The first-order valence-corrected chi connectivity index (χ1v) is 5.01. The lowest BCUT2D eigenvalue weighted by Gasteiger charge is -1.97. The fourth-order valence-corrected chi connectivity index (χ4v) is 1.23. The molecular formula is C13H16O. The average Bonchev–Trinajstić information content (AvgIpc) is 2.17. The lowest BCUT2D eigenvalue weighted by Crippen LogP contribution is -1.92. The smallest absolute Gasteiger partial charge is 0.112 e. The highest BCUT2D eigenvalue weighted by Crippen LogP contribution is 2.05. The highest BCUT2D eigenvalue weighted by molar-refractivity contribution is 5.36. The summed E-state index contributed by atoms with van der Waals surface area (Å²) in [6.45, 7) is 3.83. The zero-order valence-corrected chi connectivity index (χ0v) is 8.75. The molecule has 1 N–H and O–H groups in total. The quantitative estimate of drug-likeness (QED) is 0.706. The normalized spacial score (nSPS) is 11.6. The van der Waals surface area contributed by atoms with Gasteiger partial charge in [0.15, 0.2) is 0 Å². The van der Waals surface area contributed by atoms with Gasteiger partial charge < -0.3 is 5.11 Å². The maximum atomic E-state index is 8.98. The second kappa shape index (κ2) is 5.47. The maximum absolute atomic E-state index is 8.98. The third-order valence-electron chi connectivity index (χ3n) is 1.92. The van der Waals surface area contributed by atoms with Gasteiger partial charge in [0.05, 0.1) is 0 Å². The molecule has 0 heterocycles. The van der Waals surface area contributed by atoms with Crippen LogP contribution < -0.4 is 0 Å². The molecule has 1 aromatic carbocycles. The molecule has 1 atom stereocenters.